The minimum absolute atomic E-state index is 0.175. The predicted octanol–water partition coefficient (Wildman–Crippen LogP) is 3.61. The fraction of sp³-hybridized carbons (Fsp3) is 0.500. The molecule has 0 aliphatic carbocycles. The van der Waals surface area contributed by atoms with Gasteiger partial charge in [-0.1, -0.05) is 31.1 Å². The molecule has 0 atom stereocenters. The topological polar surface area (TPSA) is 71.3 Å². The second-order valence-electron chi connectivity index (χ2n) is 5.99. The number of nitrogens with one attached hydrogen (secondary N) is 1. The fourth-order valence-electron chi connectivity index (χ4n) is 2.53. The lowest BCUT2D eigenvalue weighted by atomic mass is 10.1. The summed E-state index contributed by atoms with van der Waals surface area (Å²) in [5, 5.41) is 6.15. The Kier molecular flexibility index (Phi) is 7.35. The van der Waals surface area contributed by atoms with Crippen molar-refractivity contribution in [2.24, 2.45) is 0 Å². The number of hydrogen-bond donors (Lipinski definition) is 1. The van der Waals surface area contributed by atoms with Gasteiger partial charge < -0.3 is 14.7 Å². The molecular formula is C18H23F3N4O2. The average Bonchev–Trinajstić information content (AvgIpc) is 3.15. The van der Waals surface area contributed by atoms with Crippen LogP contribution in [0, 0.1) is 0 Å². The first-order valence-corrected chi connectivity index (χ1v) is 8.87. The fourth-order valence-corrected chi connectivity index (χ4v) is 2.53. The van der Waals surface area contributed by atoms with Crippen molar-refractivity contribution in [1.82, 2.24) is 20.4 Å². The van der Waals surface area contributed by atoms with Crippen molar-refractivity contribution in [3.63, 3.8) is 0 Å². The monoisotopic (exact) mass is 384 g/mol. The van der Waals surface area contributed by atoms with E-state index >= 15 is 0 Å². The van der Waals surface area contributed by atoms with Gasteiger partial charge in [-0.15, -0.1) is 0 Å². The summed E-state index contributed by atoms with van der Waals surface area (Å²) in [5.41, 5.74) is 0.757. The van der Waals surface area contributed by atoms with E-state index < -0.39 is 12.1 Å². The van der Waals surface area contributed by atoms with Gasteiger partial charge in [0.05, 0.1) is 0 Å². The van der Waals surface area contributed by atoms with E-state index in [9.17, 15) is 18.0 Å². The molecule has 27 heavy (non-hydrogen) atoms. The number of nitrogens with zero attached hydrogens (tertiary/aromatic N) is 3. The predicted molar refractivity (Wildman–Crippen MR) is 94.1 cm³/mol. The van der Waals surface area contributed by atoms with Crippen molar-refractivity contribution >= 4 is 5.91 Å². The quantitative estimate of drug-likeness (QED) is 0.669. The molecule has 0 bridgehead atoms. The Hall–Kier alpha value is -2.42. The van der Waals surface area contributed by atoms with Crippen molar-refractivity contribution in [3.8, 4) is 11.4 Å². The molecule has 1 amide bonds. The van der Waals surface area contributed by atoms with Gasteiger partial charge >= 0.3 is 12.1 Å². The first kappa shape index (κ1) is 20.9. The van der Waals surface area contributed by atoms with Crippen LogP contribution in [-0.4, -0.2) is 47.1 Å². The van der Waals surface area contributed by atoms with Crippen LogP contribution >= 0.6 is 0 Å². The molecule has 6 nitrogen and oxygen atoms in total. The molecule has 2 rings (SSSR count). The Morgan fingerprint density at radius 2 is 1.81 bits per heavy atom. The molecule has 9 heteroatoms. The van der Waals surface area contributed by atoms with E-state index in [1.54, 1.807) is 0 Å². The van der Waals surface area contributed by atoms with E-state index in [0.29, 0.717) is 17.7 Å². The van der Waals surface area contributed by atoms with E-state index in [-0.39, 0.29) is 11.7 Å². The summed E-state index contributed by atoms with van der Waals surface area (Å²) in [5.74, 6) is -1.80. The lowest BCUT2D eigenvalue weighted by Gasteiger charge is -2.17. The molecule has 0 unspecified atom stereocenters. The number of amides is 1. The van der Waals surface area contributed by atoms with E-state index in [4.69, 9.17) is 0 Å². The zero-order chi connectivity index (χ0) is 19.9. The van der Waals surface area contributed by atoms with Crippen molar-refractivity contribution in [3.05, 3.63) is 35.7 Å². The maximum Gasteiger partial charge on any atom is 0.471 e. The number of aromatic nitrogens is 2. The maximum absolute atomic E-state index is 12.5. The third-order valence-corrected chi connectivity index (χ3v) is 4.15. The number of alkyl halides is 3. The van der Waals surface area contributed by atoms with Crippen LogP contribution in [0.5, 0.6) is 0 Å². The van der Waals surface area contributed by atoms with Crippen LogP contribution < -0.4 is 5.32 Å². The number of carbonyl (C=O) groups excluding carboxylic acids is 1. The van der Waals surface area contributed by atoms with Gasteiger partial charge in [0.15, 0.2) is 0 Å². The van der Waals surface area contributed by atoms with Gasteiger partial charge in [0.25, 0.3) is 5.91 Å². The van der Waals surface area contributed by atoms with E-state index in [1.165, 1.54) is 24.3 Å². The molecule has 148 valence electrons. The smallest absolute Gasteiger partial charge is 0.352 e. The molecule has 1 N–H and O–H groups in total. The molecule has 0 spiro atoms. The van der Waals surface area contributed by atoms with Gasteiger partial charge in [0.2, 0.25) is 5.82 Å². The van der Waals surface area contributed by atoms with Crippen molar-refractivity contribution in [2.75, 3.05) is 26.2 Å². The minimum Gasteiger partial charge on any atom is -0.352 e. The Bertz CT molecular complexity index is 725. The highest BCUT2D eigenvalue weighted by atomic mass is 19.4. The third kappa shape index (κ3) is 6.06. The Labute approximate surface area is 155 Å². The van der Waals surface area contributed by atoms with Crippen LogP contribution in [0.3, 0.4) is 0 Å². The molecule has 0 saturated carbocycles. The van der Waals surface area contributed by atoms with Gasteiger partial charge in [-0.05, 0) is 44.6 Å². The summed E-state index contributed by atoms with van der Waals surface area (Å²) in [4.78, 5) is 17.8. The highest BCUT2D eigenvalue weighted by Gasteiger charge is 2.38. The second kappa shape index (κ2) is 9.50. The SMILES string of the molecule is CCN(CC)CCCCNC(=O)c1ccc(-c2noc(C(F)(F)F)n2)cc1. The number of hydrogen-bond acceptors (Lipinski definition) is 5. The largest absolute Gasteiger partial charge is 0.471 e. The third-order valence-electron chi connectivity index (χ3n) is 4.15. The van der Waals surface area contributed by atoms with Crippen LogP contribution in [0.2, 0.25) is 0 Å². The van der Waals surface area contributed by atoms with E-state index in [2.05, 4.69) is 38.7 Å². The highest BCUT2D eigenvalue weighted by Crippen LogP contribution is 2.29. The van der Waals surface area contributed by atoms with Crippen LogP contribution in [0.25, 0.3) is 11.4 Å². The van der Waals surface area contributed by atoms with Crippen LogP contribution in [-0.2, 0) is 6.18 Å². The molecule has 0 saturated heterocycles. The number of benzene rings is 1. The maximum atomic E-state index is 12.5. The summed E-state index contributed by atoms with van der Waals surface area (Å²) < 4.78 is 41.7. The van der Waals surface area contributed by atoms with Crippen molar-refractivity contribution in [2.45, 2.75) is 32.9 Å². The zero-order valence-electron chi connectivity index (χ0n) is 15.3. The number of halogens is 3. The van der Waals surface area contributed by atoms with E-state index in [1.807, 2.05) is 0 Å². The van der Waals surface area contributed by atoms with Crippen LogP contribution in [0.4, 0.5) is 13.2 Å². The molecule has 0 aliphatic heterocycles. The lowest BCUT2D eigenvalue weighted by Crippen LogP contribution is -2.27. The van der Waals surface area contributed by atoms with E-state index in [0.717, 1.165) is 32.5 Å². The van der Waals surface area contributed by atoms with Crippen molar-refractivity contribution in [1.29, 1.82) is 0 Å². The van der Waals surface area contributed by atoms with Crippen LogP contribution in [0.1, 0.15) is 42.9 Å². The summed E-state index contributed by atoms with van der Waals surface area (Å²) >= 11 is 0. The summed E-state index contributed by atoms with van der Waals surface area (Å²) in [6, 6.07) is 6.01. The van der Waals surface area contributed by atoms with Gasteiger partial charge in [-0.3, -0.25) is 4.79 Å². The molecule has 0 aliphatic rings. The first-order chi connectivity index (χ1) is 12.8. The average molecular weight is 384 g/mol. The summed E-state index contributed by atoms with van der Waals surface area (Å²) in [6.45, 7) is 7.84. The lowest BCUT2D eigenvalue weighted by molar-refractivity contribution is -0.159. The number of rotatable bonds is 9. The molecular weight excluding hydrogens is 361 g/mol. The first-order valence-electron chi connectivity index (χ1n) is 8.87. The molecule has 0 radical (unpaired) electrons. The Balaban J connectivity index is 1.84. The molecule has 1 aromatic heterocycles. The van der Waals surface area contributed by atoms with Gasteiger partial charge in [0, 0.05) is 17.7 Å². The molecule has 1 heterocycles. The Morgan fingerprint density at radius 3 is 2.37 bits per heavy atom. The number of carbonyl (C=O) groups is 1. The standard InChI is InChI=1S/C18H23F3N4O2/c1-3-25(4-2)12-6-5-11-22-16(26)14-9-7-13(8-10-14)15-23-17(27-24-15)18(19,20)21/h7-10H,3-6,11-12H2,1-2H3,(H,22,26). The Morgan fingerprint density at radius 1 is 1.15 bits per heavy atom. The van der Waals surface area contributed by atoms with Gasteiger partial charge in [0.1, 0.15) is 0 Å². The molecule has 2 aromatic rings. The highest BCUT2D eigenvalue weighted by molar-refractivity contribution is 5.94. The second-order valence-corrected chi connectivity index (χ2v) is 5.99. The molecule has 1 aromatic carbocycles. The normalized spacial score (nSPS) is 11.8. The molecule has 0 fully saturated rings. The summed E-state index contributed by atoms with van der Waals surface area (Å²) in [7, 11) is 0. The zero-order valence-corrected chi connectivity index (χ0v) is 15.3. The van der Waals surface area contributed by atoms with Crippen LogP contribution in [0.15, 0.2) is 28.8 Å². The van der Waals surface area contributed by atoms with Crippen molar-refractivity contribution < 1.29 is 22.5 Å². The minimum atomic E-state index is -4.68. The van der Waals surface area contributed by atoms with Gasteiger partial charge in [-0.2, -0.15) is 18.2 Å². The number of unbranched alkanes of at least 4 members (excludes halogenated alkanes) is 1. The summed E-state index contributed by atoms with van der Waals surface area (Å²) in [6.07, 6.45) is -2.81. The van der Waals surface area contributed by atoms with Gasteiger partial charge in [-0.25, -0.2) is 0 Å².